The van der Waals surface area contributed by atoms with E-state index in [9.17, 15) is 5.11 Å². The van der Waals surface area contributed by atoms with E-state index in [0.29, 0.717) is 6.10 Å². The zero-order valence-corrected chi connectivity index (χ0v) is 11.0. The summed E-state index contributed by atoms with van der Waals surface area (Å²) in [6, 6.07) is 0. The Balaban J connectivity index is 2.40. The van der Waals surface area contributed by atoms with Gasteiger partial charge in [-0.05, 0) is 25.8 Å². The fourth-order valence-corrected chi connectivity index (χ4v) is 2.20. The molecule has 1 fully saturated rings. The molecule has 0 aromatic carbocycles. The van der Waals surface area contributed by atoms with Crippen LogP contribution in [0, 0.1) is 5.41 Å². The van der Waals surface area contributed by atoms with Crippen LogP contribution >= 0.6 is 0 Å². The Morgan fingerprint density at radius 3 is 2.62 bits per heavy atom. The van der Waals surface area contributed by atoms with Crippen LogP contribution in [-0.4, -0.2) is 49.0 Å². The molecule has 2 unspecified atom stereocenters. The van der Waals surface area contributed by atoms with E-state index in [-0.39, 0.29) is 12.0 Å². The minimum atomic E-state index is 0.0363. The van der Waals surface area contributed by atoms with Crippen molar-refractivity contribution in [2.24, 2.45) is 5.41 Å². The quantitative estimate of drug-likeness (QED) is 0.723. The van der Waals surface area contributed by atoms with Crippen LogP contribution in [0.4, 0.5) is 0 Å². The molecule has 0 aromatic heterocycles. The molecule has 0 amide bonds. The third kappa shape index (κ3) is 4.04. The van der Waals surface area contributed by atoms with Crippen molar-refractivity contribution in [3.63, 3.8) is 0 Å². The SMILES string of the molecule is CCN(CC1CCCO1)CC(C)(CC)CO. The molecule has 1 heterocycles. The van der Waals surface area contributed by atoms with E-state index in [1.54, 1.807) is 0 Å². The highest BCUT2D eigenvalue weighted by Crippen LogP contribution is 2.23. The lowest BCUT2D eigenvalue weighted by Gasteiger charge is -2.34. The summed E-state index contributed by atoms with van der Waals surface area (Å²) in [4.78, 5) is 2.41. The van der Waals surface area contributed by atoms with E-state index < -0.39 is 0 Å². The van der Waals surface area contributed by atoms with Crippen LogP contribution in [0.15, 0.2) is 0 Å². The molecule has 0 aliphatic carbocycles. The van der Waals surface area contributed by atoms with Gasteiger partial charge in [0.25, 0.3) is 0 Å². The Labute approximate surface area is 99.8 Å². The number of hydrogen-bond acceptors (Lipinski definition) is 3. The van der Waals surface area contributed by atoms with E-state index in [1.165, 1.54) is 12.8 Å². The van der Waals surface area contributed by atoms with Crippen LogP contribution in [0.25, 0.3) is 0 Å². The van der Waals surface area contributed by atoms with Gasteiger partial charge in [0.05, 0.1) is 6.10 Å². The molecule has 0 radical (unpaired) electrons. The van der Waals surface area contributed by atoms with Gasteiger partial charge < -0.3 is 14.7 Å². The van der Waals surface area contributed by atoms with E-state index >= 15 is 0 Å². The summed E-state index contributed by atoms with van der Waals surface area (Å²) in [5.74, 6) is 0. The van der Waals surface area contributed by atoms with Crippen molar-refractivity contribution >= 4 is 0 Å². The smallest absolute Gasteiger partial charge is 0.0702 e. The fourth-order valence-electron chi connectivity index (χ4n) is 2.20. The first-order valence-electron chi connectivity index (χ1n) is 6.58. The predicted molar refractivity (Wildman–Crippen MR) is 66.6 cm³/mol. The van der Waals surface area contributed by atoms with Crippen molar-refractivity contribution in [2.75, 3.05) is 32.8 Å². The van der Waals surface area contributed by atoms with Crippen LogP contribution in [-0.2, 0) is 4.74 Å². The van der Waals surface area contributed by atoms with Gasteiger partial charge in [-0.2, -0.15) is 0 Å². The molecular formula is C13H27NO2. The highest BCUT2D eigenvalue weighted by molar-refractivity contribution is 4.78. The number of rotatable bonds is 7. The number of likely N-dealkylation sites (N-methyl/N-ethyl adjacent to an activating group) is 1. The molecule has 0 bridgehead atoms. The van der Waals surface area contributed by atoms with Crippen LogP contribution in [0.3, 0.4) is 0 Å². The van der Waals surface area contributed by atoms with Crippen molar-refractivity contribution in [1.29, 1.82) is 0 Å². The van der Waals surface area contributed by atoms with Crippen LogP contribution < -0.4 is 0 Å². The summed E-state index contributed by atoms with van der Waals surface area (Å²) in [7, 11) is 0. The predicted octanol–water partition coefficient (Wildman–Crippen LogP) is 1.90. The fraction of sp³-hybridized carbons (Fsp3) is 1.00. The normalized spacial score (nSPS) is 24.9. The van der Waals surface area contributed by atoms with Gasteiger partial charge in [0.15, 0.2) is 0 Å². The first-order valence-corrected chi connectivity index (χ1v) is 6.58. The van der Waals surface area contributed by atoms with Gasteiger partial charge >= 0.3 is 0 Å². The van der Waals surface area contributed by atoms with Crippen LogP contribution in [0.5, 0.6) is 0 Å². The number of ether oxygens (including phenoxy) is 1. The number of hydrogen-bond donors (Lipinski definition) is 1. The monoisotopic (exact) mass is 229 g/mol. The summed E-state index contributed by atoms with van der Waals surface area (Å²) in [5.41, 5.74) is 0.0363. The van der Waals surface area contributed by atoms with Gasteiger partial charge in [0, 0.05) is 31.7 Å². The minimum Gasteiger partial charge on any atom is -0.396 e. The first kappa shape index (κ1) is 13.9. The Kier molecular flexibility index (Phi) is 5.73. The molecule has 0 aromatic rings. The molecule has 96 valence electrons. The topological polar surface area (TPSA) is 32.7 Å². The molecule has 3 heteroatoms. The second-order valence-corrected chi connectivity index (χ2v) is 5.29. The number of aliphatic hydroxyl groups is 1. The molecule has 16 heavy (non-hydrogen) atoms. The average Bonchev–Trinajstić information content (AvgIpc) is 2.80. The maximum atomic E-state index is 9.43. The first-order chi connectivity index (χ1) is 7.63. The van der Waals surface area contributed by atoms with Crippen LogP contribution in [0.1, 0.15) is 40.0 Å². The lowest BCUT2D eigenvalue weighted by atomic mass is 9.88. The average molecular weight is 229 g/mol. The van der Waals surface area contributed by atoms with Crippen molar-refractivity contribution in [3.8, 4) is 0 Å². The lowest BCUT2D eigenvalue weighted by molar-refractivity contribution is 0.0406. The molecule has 0 spiro atoms. The Morgan fingerprint density at radius 1 is 1.44 bits per heavy atom. The molecule has 0 saturated carbocycles. The highest BCUT2D eigenvalue weighted by Gasteiger charge is 2.26. The largest absolute Gasteiger partial charge is 0.396 e. The molecule has 1 saturated heterocycles. The van der Waals surface area contributed by atoms with Gasteiger partial charge in [-0.1, -0.05) is 20.8 Å². The highest BCUT2D eigenvalue weighted by atomic mass is 16.5. The molecule has 1 aliphatic rings. The third-order valence-electron chi connectivity index (χ3n) is 3.77. The summed E-state index contributed by atoms with van der Waals surface area (Å²) in [6.45, 7) is 10.7. The van der Waals surface area contributed by atoms with E-state index in [2.05, 4.69) is 25.7 Å². The lowest BCUT2D eigenvalue weighted by Crippen LogP contribution is -2.41. The minimum absolute atomic E-state index is 0.0363. The van der Waals surface area contributed by atoms with Gasteiger partial charge in [-0.25, -0.2) is 0 Å². The van der Waals surface area contributed by atoms with Gasteiger partial charge in [-0.15, -0.1) is 0 Å². The summed E-state index contributed by atoms with van der Waals surface area (Å²) in [6.07, 6.45) is 3.83. The molecule has 2 atom stereocenters. The van der Waals surface area contributed by atoms with E-state index in [1.807, 2.05) is 0 Å². The molecule has 1 aliphatic heterocycles. The van der Waals surface area contributed by atoms with Crippen molar-refractivity contribution in [3.05, 3.63) is 0 Å². The molecule has 1 N–H and O–H groups in total. The Morgan fingerprint density at radius 2 is 2.19 bits per heavy atom. The van der Waals surface area contributed by atoms with Gasteiger partial charge in [-0.3, -0.25) is 0 Å². The molecule has 1 rings (SSSR count). The van der Waals surface area contributed by atoms with Gasteiger partial charge in [0.1, 0.15) is 0 Å². The maximum Gasteiger partial charge on any atom is 0.0702 e. The second kappa shape index (κ2) is 6.58. The summed E-state index contributed by atoms with van der Waals surface area (Å²) >= 11 is 0. The summed E-state index contributed by atoms with van der Waals surface area (Å²) < 4.78 is 5.66. The Hall–Kier alpha value is -0.120. The zero-order valence-electron chi connectivity index (χ0n) is 11.0. The zero-order chi connectivity index (χ0) is 12.0. The number of aliphatic hydroxyl groups excluding tert-OH is 1. The molecule has 3 nitrogen and oxygen atoms in total. The standard InChI is InChI=1S/C13H27NO2/c1-4-13(3,11-15)10-14(5-2)9-12-7-6-8-16-12/h12,15H,4-11H2,1-3H3. The summed E-state index contributed by atoms with van der Waals surface area (Å²) in [5, 5.41) is 9.43. The van der Waals surface area contributed by atoms with E-state index in [0.717, 1.165) is 32.7 Å². The van der Waals surface area contributed by atoms with Crippen molar-refractivity contribution in [1.82, 2.24) is 4.90 Å². The van der Waals surface area contributed by atoms with Crippen molar-refractivity contribution in [2.45, 2.75) is 46.1 Å². The number of nitrogens with zero attached hydrogens (tertiary/aromatic N) is 1. The molecular weight excluding hydrogens is 202 g/mol. The Bertz CT molecular complexity index is 186. The second-order valence-electron chi connectivity index (χ2n) is 5.29. The van der Waals surface area contributed by atoms with Crippen LogP contribution in [0.2, 0.25) is 0 Å². The maximum absolute atomic E-state index is 9.43. The van der Waals surface area contributed by atoms with E-state index in [4.69, 9.17) is 4.74 Å². The third-order valence-corrected chi connectivity index (χ3v) is 3.77. The van der Waals surface area contributed by atoms with Crippen molar-refractivity contribution < 1.29 is 9.84 Å². The van der Waals surface area contributed by atoms with Gasteiger partial charge in [0.2, 0.25) is 0 Å².